The Morgan fingerprint density at radius 1 is 0.955 bits per heavy atom. The van der Waals surface area contributed by atoms with Crippen molar-refractivity contribution in [2.75, 3.05) is 28.4 Å². The highest BCUT2D eigenvalue weighted by Gasteiger charge is 2.22. The van der Waals surface area contributed by atoms with E-state index in [0.29, 0.717) is 17.1 Å². The first-order valence-electron chi connectivity index (χ1n) is 6.69. The van der Waals surface area contributed by atoms with E-state index in [4.69, 9.17) is 18.9 Å². The summed E-state index contributed by atoms with van der Waals surface area (Å²) in [6.07, 6.45) is -1.29. The van der Waals surface area contributed by atoms with Gasteiger partial charge in [-0.1, -0.05) is 6.07 Å². The Morgan fingerprint density at radius 3 is 2.23 bits per heavy atom. The van der Waals surface area contributed by atoms with Gasteiger partial charge in [0, 0.05) is 24.7 Å². The molecule has 120 valence electrons. The van der Waals surface area contributed by atoms with Gasteiger partial charge in [-0.15, -0.1) is 11.3 Å². The quantitative estimate of drug-likeness (QED) is 0.793. The van der Waals surface area contributed by atoms with Crippen LogP contribution in [0.15, 0.2) is 29.6 Å². The van der Waals surface area contributed by atoms with Crippen molar-refractivity contribution in [3.8, 4) is 11.5 Å². The SMILES string of the molecule is COc1ccc(C(O)c2sccc2C(OC)OC)cc1OC. The number of hydrogen-bond acceptors (Lipinski definition) is 6. The van der Waals surface area contributed by atoms with E-state index in [1.54, 1.807) is 40.6 Å². The number of rotatable bonds is 7. The second kappa shape index (κ2) is 7.60. The fraction of sp³-hybridized carbons (Fsp3) is 0.375. The zero-order valence-corrected chi connectivity index (χ0v) is 13.8. The molecule has 1 heterocycles. The second-order valence-electron chi connectivity index (χ2n) is 4.56. The van der Waals surface area contributed by atoms with E-state index in [2.05, 4.69) is 0 Å². The van der Waals surface area contributed by atoms with Crippen molar-refractivity contribution in [2.45, 2.75) is 12.4 Å². The number of methoxy groups -OCH3 is 4. The van der Waals surface area contributed by atoms with Gasteiger partial charge in [0.25, 0.3) is 0 Å². The molecule has 0 saturated heterocycles. The molecule has 2 rings (SSSR count). The van der Waals surface area contributed by atoms with Gasteiger partial charge in [-0.05, 0) is 29.1 Å². The van der Waals surface area contributed by atoms with Crippen LogP contribution in [0.1, 0.15) is 28.4 Å². The van der Waals surface area contributed by atoms with Crippen molar-refractivity contribution in [1.82, 2.24) is 0 Å². The minimum atomic E-state index is -0.789. The third-order valence-electron chi connectivity index (χ3n) is 3.38. The van der Waals surface area contributed by atoms with Gasteiger partial charge in [0.2, 0.25) is 0 Å². The van der Waals surface area contributed by atoms with Crippen molar-refractivity contribution < 1.29 is 24.1 Å². The Morgan fingerprint density at radius 2 is 1.64 bits per heavy atom. The smallest absolute Gasteiger partial charge is 0.184 e. The maximum absolute atomic E-state index is 10.7. The van der Waals surface area contributed by atoms with E-state index in [9.17, 15) is 5.11 Å². The first-order chi connectivity index (χ1) is 10.7. The molecule has 2 aromatic rings. The average Bonchev–Trinajstić information content (AvgIpc) is 3.04. The fourth-order valence-electron chi connectivity index (χ4n) is 2.27. The van der Waals surface area contributed by atoms with E-state index in [-0.39, 0.29) is 0 Å². The van der Waals surface area contributed by atoms with Crippen molar-refractivity contribution in [3.63, 3.8) is 0 Å². The Kier molecular flexibility index (Phi) is 5.79. The van der Waals surface area contributed by atoms with Crippen LogP contribution in [0.4, 0.5) is 0 Å². The number of ether oxygens (including phenoxy) is 4. The molecule has 1 aromatic carbocycles. The summed E-state index contributed by atoms with van der Waals surface area (Å²) in [5, 5.41) is 12.6. The van der Waals surface area contributed by atoms with Crippen LogP contribution in [-0.4, -0.2) is 33.5 Å². The molecule has 0 radical (unpaired) electrons. The van der Waals surface area contributed by atoms with Crippen molar-refractivity contribution in [1.29, 1.82) is 0 Å². The summed E-state index contributed by atoms with van der Waals surface area (Å²) < 4.78 is 21.1. The zero-order chi connectivity index (χ0) is 16.1. The molecule has 0 spiro atoms. The molecule has 1 unspecified atom stereocenters. The van der Waals surface area contributed by atoms with Crippen molar-refractivity contribution in [2.24, 2.45) is 0 Å². The summed E-state index contributed by atoms with van der Waals surface area (Å²) in [4.78, 5) is 0.779. The molecule has 22 heavy (non-hydrogen) atoms. The van der Waals surface area contributed by atoms with Crippen molar-refractivity contribution in [3.05, 3.63) is 45.6 Å². The Hall–Kier alpha value is -1.60. The molecule has 5 nitrogen and oxygen atoms in total. The lowest BCUT2D eigenvalue weighted by Gasteiger charge is -2.18. The fourth-order valence-corrected chi connectivity index (χ4v) is 3.20. The van der Waals surface area contributed by atoms with E-state index in [0.717, 1.165) is 10.4 Å². The number of benzene rings is 1. The predicted molar refractivity (Wildman–Crippen MR) is 84.7 cm³/mol. The van der Waals surface area contributed by atoms with Crippen LogP contribution >= 0.6 is 11.3 Å². The Labute approximate surface area is 134 Å². The summed E-state index contributed by atoms with van der Waals surface area (Å²) >= 11 is 1.45. The van der Waals surface area contributed by atoms with Gasteiger partial charge in [-0.2, -0.15) is 0 Å². The monoisotopic (exact) mass is 324 g/mol. The number of aliphatic hydroxyl groups is 1. The molecule has 0 saturated carbocycles. The third-order valence-corrected chi connectivity index (χ3v) is 4.37. The number of thiophene rings is 1. The van der Waals surface area contributed by atoms with Gasteiger partial charge in [-0.25, -0.2) is 0 Å². The van der Waals surface area contributed by atoms with Crippen molar-refractivity contribution >= 4 is 11.3 Å². The maximum Gasteiger partial charge on any atom is 0.184 e. The van der Waals surface area contributed by atoms with Crippen LogP contribution in [0, 0.1) is 0 Å². The standard InChI is InChI=1S/C16H20O5S/c1-18-12-6-5-10(9-13(12)19-2)14(17)15-11(7-8-22-15)16(20-3)21-4/h5-9,14,16-17H,1-4H3. The molecule has 0 aliphatic carbocycles. The summed E-state index contributed by atoms with van der Waals surface area (Å²) in [7, 11) is 6.28. The predicted octanol–water partition coefficient (Wildman–Crippen LogP) is 3.14. The summed E-state index contributed by atoms with van der Waals surface area (Å²) in [5.74, 6) is 1.20. The largest absolute Gasteiger partial charge is 0.493 e. The zero-order valence-electron chi connectivity index (χ0n) is 13.0. The minimum absolute atomic E-state index is 0.504. The third kappa shape index (κ3) is 3.25. The molecule has 0 aliphatic heterocycles. The second-order valence-corrected chi connectivity index (χ2v) is 5.51. The van der Waals surface area contributed by atoms with Gasteiger partial charge in [0.05, 0.1) is 14.2 Å². The van der Waals surface area contributed by atoms with E-state index in [1.807, 2.05) is 17.5 Å². The Balaban J connectivity index is 2.36. The molecule has 0 bridgehead atoms. The molecule has 0 fully saturated rings. The highest BCUT2D eigenvalue weighted by atomic mass is 32.1. The van der Waals surface area contributed by atoms with Crippen LogP contribution in [0.5, 0.6) is 11.5 Å². The highest BCUT2D eigenvalue weighted by molar-refractivity contribution is 7.10. The van der Waals surface area contributed by atoms with Crippen LogP contribution < -0.4 is 9.47 Å². The van der Waals surface area contributed by atoms with Crippen LogP contribution in [-0.2, 0) is 9.47 Å². The van der Waals surface area contributed by atoms with Crippen LogP contribution in [0.2, 0.25) is 0 Å². The molecule has 1 N–H and O–H groups in total. The van der Waals surface area contributed by atoms with Gasteiger partial charge in [0.1, 0.15) is 6.10 Å². The lowest BCUT2D eigenvalue weighted by molar-refractivity contribution is -0.106. The van der Waals surface area contributed by atoms with E-state index < -0.39 is 12.4 Å². The van der Waals surface area contributed by atoms with Gasteiger partial charge >= 0.3 is 0 Å². The van der Waals surface area contributed by atoms with E-state index >= 15 is 0 Å². The summed E-state index contributed by atoms with van der Waals surface area (Å²) in [6.45, 7) is 0. The summed E-state index contributed by atoms with van der Waals surface area (Å²) in [5.41, 5.74) is 1.53. The molecule has 0 aliphatic rings. The lowest BCUT2D eigenvalue weighted by atomic mass is 10.0. The van der Waals surface area contributed by atoms with Gasteiger partial charge < -0.3 is 24.1 Å². The number of hydrogen-bond donors (Lipinski definition) is 1. The minimum Gasteiger partial charge on any atom is -0.493 e. The molecular formula is C16H20O5S. The lowest BCUT2D eigenvalue weighted by Crippen LogP contribution is -2.08. The number of aliphatic hydroxyl groups excluding tert-OH is 1. The highest BCUT2D eigenvalue weighted by Crippen LogP contribution is 2.37. The van der Waals surface area contributed by atoms with Gasteiger partial charge in [0.15, 0.2) is 17.8 Å². The van der Waals surface area contributed by atoms with Crippen LogP contribution in [0.25, 0.3) is 0 Å². The Bertz CT molecular complexity index is 606. The molecule has 1 aromatic heterocycles. The average molecular weight is 324 g/mol. The van der Waals surface area contributed by atoms with Gasteiger partial charge in [-0.3, -0.25) is 0 Å². The normalized spacial score (nSPS) is 12.5. The molecular weight excluding hydrogens is 304 g/mol. The molecule has 1 atom stereocenters. The first kappa shape index (κ1) is 16.8. The molecule has 0 amide bonds. The topological polar surface area (TPSA) is 57.2 Å². The molecule has 6 heteroatoms. The first-order valence-corrected chi connectivity index (χ1v) is 7.57. The van der Waals surface area contributed by atoms with E-state index in [1.165, 1.54) is 11.3 Å². The van der Waals surface area contributed by atoms with Crippen LogP contribution in [0.3, 0.4) is 0 Å². The summed E-state index contributed by atoms with van der Waals surface area (Å²) in [6, 6.07) is 7.24. The maximum atomic E-state index is 10.7.